The Bertz CT molecular complexity index is 255. The van der Waals surface area contributed by atoms with Gasteiger partial charge >= 0.3 is 0 Å². The summed E-state index contributed by atoms with van der Waals surface area (Å²) in [7, 11) is 0. The topological polar surface area (TPSA) is 44.4 Å². The Hall–Kier alpha value is -0.610. The van der Waals surface area contributed by atoms with Crippen molar-refractivity contribution in [3.05, 3.63) is 0 Å². The molecule has 1 heterocycles. The van der Waals surface area contributed by atoms with E-state index in [1.54, 1.807) is 0 Å². The Kier molecular flexibility index (Phi) is 6.65. The second-order valence-corrected chi connectivity index (χ2v) is 5.58. The standard InChI is InChI=1S/C14H29N3O/c1-5-12-9-17(8-7-13(12)15-6-2)10-14(18)16-11(3)4/h11-13,15H,5-10H2,1-4H3,(H,16,18). The van der Waals surface area contributed by atoms with E-state index in [2.05, 4.69) is 29.4 Å². The first-order valence-corrected chi connectivity index (χ1v) is 7.31. The average Bonchev–Trinajstić information content (AvgIpc) is 2.30. The highest BCUT2D eigenvalue weighted by Gasteiger charge is 2.28. The zero-order chi connectivity index (χ0) is 13.5. The molecule has 0 bridgehead atoms. The summed E-state index contributed by atoms with van der Waals surface area (Å²) in [6.45, 7) is 12.1. The van der Waals surface area contributed by atoms with E-state index in [-0.39, 0.29) is 11.9 Å². The third-order valence-electron chi connectivity index (χ3n) is 3.63. The highest BCUT2D eigenvalue weighted by Crippen LogP contribution is 2.19. The summed E-state index contributed by atoms with van der Waals surface area (Å²) in [5.41, 5.74) is 0. The molecule has 2 atom stereocenters. The fourth-order valence-corrected chi connectivity index (χ4v) is 2.77. The molecule has 0 radical (unpaired) electrons. The van der Waals surface area contributed by atoms with E-state index in [0.717, 1.165) is 26.1 Å². The van der Waals surface area contributed by atoms with Gasteiger partial charge < -0.3 is 10.6 Å². The van der Waals surface area contributed by atoms with Crippen LogP contribution in [0.1, 0.15) is 40.5 Å². The minimum Gasteiger partial charge on any atom is -0.353 e. The molecule has 106 valence electrons. The largest absolute Gasteiger partial charge is 0.353 e. The number of hydrogen-bond acceptors (Lipinski definition) is 3. The molecule has 4 nitrogen and oxygen atoms in total. The second-order valence-electron chi connectivity index (χ2n) is 5.58. The van der Waals surface area contributed by atoms with Crippen LogP contribution in [0.5, 0.6) is 0 Å². The SMILES string of the molecule is CCNC1CCN(CC(=O)NC(C)C)CC1CC. The van der Waals surface area contributed by atoms with E-state index in [1.165, 1.54) is 6.42 Å². The molecular weight excluding hydrogens is 226 g/mol. The Balaban J connectivity index is 2.40. The van der Waals surface area contributed by atoms with Gasteiger partial charge in [0.25, 0.3) is 0 Å². The summed E-state index contributed by atoms with van der Waals surface area (Å²) in [6.07, 6.45) is 2.33. The van der Waals surface area contributed by atoms with Crippen LogP contribution in [0, 0.1) is 5.92 Å². The second kappa shape index (κ2) is 7.74. The Morgan fingerprint density at radius 1 is 1.39 bits per heavy atom. The van der Waals surface area contributed by atoms with Crippen molar-refractivity contribution in [2.24, 2.45) is 5.92 Å². The van der Waals surface area contributed by atoms with Crippen molar-refractivity contribution in [2.75, 3.05) is 26.2 Å². The number of rotatable bonds is 6. The molecule has 0 aliphatic carbocycles. The average molecular weight is 255 g/mol. The van der Waals surface area contributed by atoms with Crippen molar-refractivity contribution >= 4 is 5.91 Å². The minimum atomic E-state index is 0.154. The van der Waals surface area contributed by atoms with Gasteiger partial charge in [-0.15, -0.1) is 0 Å². The molecule has 18 heavy (non-hydrogen) atoms. The molecule has 2 N–H and O–H groups in total. The molecule has 1 aliphatic rings. The van der Waals surface area contributed by atoms with Gasteiger partial charge in [0.1, 0.15) is 0 Å². The van der Waals surface area contributed by atoms with E-state index in [1.807, 2.05) is 13.8 Å². The third-order valence-corrected chi connectivity index (χ3v) is 3.63. The molecule has 1 aliphatic heterocycles. The van der Waals surface area contributed by atoms with Crippen LogP contribution >= 0.6 is 0 Å². The summed E-state index contributed by atoms with van der Waals surface area (Å²) >= 11 is 0. The van der Waals surface area contributed by atoms with Gasteiger partial charge in [0.05, 0.1) is 6.54 Å². The quantitative estimate of drug-likeness (QED) is 0.750. The Morgan fingerprint density at radius 2 is 2.11 bits per heavy atom. The molecule has 0 spiro atoms. The maximum absolute atomic E-state index is 11.8. The highest BCUT2D eigenvalue weighted by atomic mass is 16.2. The molecule has 1 fully saturated rings. The molecule has 0 saturated carbocycles. The normalized spacial score (nSPS) is 25.4. The number of amides is 1. The zero-order valence-corrected chi connectivity index (χ0v) is 12.3. The maximum atomic E-state index is 11.8. The number of nitrogens with one attached hydrogen (secondary N) is 2. The van der Waals surface area contributed by atoms with Crippen LogP contribution < -0.4 is 10.6 Å². The molecule has 2 unspecified atom stereocenters. The van der Waals surface area contributed by atoms with Crippen LogP contribution in [0.2, 0.25) is 0 Å². The minimum absolute atomic E-state index is 0.154. The molecule has 4 heteroatoms. The summed E-state index contributed by atoms with van der Waals surface area (Å²) in [5, 5.41) is 6.53. The Morgan fingerprint density at radius 3 is 2.67 bits per heavy atom. The van der Waals surface area contributed by atoms with Crippen molar-refractivity contribution in [2.45, 2.75) is 52.6 Å². The monoisotopic (exact) mass is 255 g/mol. The van der Waals surface area contributed by atoms with E-state index in [9.17, 15) is 4.79 Å². The van der Waals surface area contributed by atoms with Crippen LogP contribution in [-0.4, -0.2) is 49.1 Å². The first-order valence-electron chi connectivity index (χ1n) is 7.31. The van der Waals surface area contributed by atoms with E-state index in [4.69, 9.17) is 0 Å². The van der Waals surface area contributed by atoms with Crippen molar-refractivity contribution in [3.63, 3.8) is 0 Å². The number of piperidine rings is 1. The van der Waals surface area contributed by atoms with Gasteiger partial charge in [-0.05, 0) is 32.7 Å². The fourth-order valence-electron chi connectivity index (χ4n) is 2.77. The fraction of sp³-hybridized carbons (Fsp3) is 0.929. The van der Waals surface area contributed by atoms with Gasteiger partial charge in [0, 0.05) is 25.2 Å². The van der Waals surface area contributed by atoms with Gasteiger partial charge in [-0.25, -0.2) is 0 Å². The predicted octanol–water partition coefficient (Wildman–Crippen LogP) is 1.22. The lowest BCUT2D eigenvalue weighted by Crippen LogP contribution is -2.51. The first kappa shape index (κ1) is 15.4. The molecule has 1 rings (SSSR count). The number of carbonyl (C=O) groups excluding carboxylic acids is 1. The number of hydrogen-bond donors (Lipinski definition) is 2. The zero-order valence-electron chi connectivity index (χ0n) is 12.3. The van der Waals surface area contributed by atoms with Gasteiger partial charge in [-0.1, -0.05) is 20.3 Å². The maximum Gasteiger partial charge on any atom is 0.234 e. The van der Waals surface area contributed by atoms with Gasteiger partial charge in [-0.3, -0.25) is 9.69 Å². The smallest absolute Gasteiger partial charge is 0.234 e. The molecule has 1 amide bonds. The first-order chi connectivity index (χ1) is 8.56. The van der Waals surface area contributed by atoms with Crippen LogP contribution in [0.25, 0.3) is 0 Å². The van der Waals surface area contributed by atoms with Crippen LogP contribution in [-0.2, 0) is 4.79 Å². The van der Waals surface area contributed by atoms with E-state index in [0.29, 0.717) is 18.5 Å². The molecule has 0 aromatic heterocycles. The van der Waals surface area contributed by atoms with Crippen LogP contribution in [0.15, 0.2) is 0 Å². The highest BCUT2D eigenvalue weighted by molar-refractivity contribution is 5.78. The Labute approximate surface area is 111 Å². The van der Waals surface area contributed by atoms with Crippen molar-refractivity contribution in [3.8, 4) is 0 Å². The molecule has 0 aromatic carbocycles. The van der Waals surface area contributed by atoms with Crippen molar-refractivity contribution in [1.29, 1.82) is 0 Å². The van der Waals surface area contributed by atoms with Crippen molar-refractivity contribution in [1.82, 2.24) is 15.5 Å². The lowest BCUT2D eigenvalue weighted by atomic mass is 9.90. The lowest BCUT2D eigenvalue weighted by Gasteiger charge is -2.38. The summed E-state index contributed by atoms with van der Waals surface area (Å²) in [4.78, 5) is 14.0. The molecule has 0 aromatic rings. The van der Waals surface area contributed by atoms with Gasteiger partial charge in [0.2, 0.25) is 5.91 Å². The summed E-state index contributed by atoms with van der Waals surface area (Å²) in [6, 6.07) is 0.864. The van der Waals surface area contributed by atoms with E-state index >= 15 is 0 Å². The third kappa shape index (κ3) is 4.94. The van der Waals surface area contributed by atoms with E-state index < -0.39 is 0 Å². The predicted molar refractivity (Wildman–Crippen MR) is 75.6 cm³/mol. The van der Waals surface area contributed by atoms with Crippen LogP contribution in [0.4, 0.5) is 0 Å². The number of nitrogens with zero attached hydrogens (tertiary/aromatic N) is 1. The van der Waals surface area contributed by atoms with Gasteiger partial charge in [0.15, 0.2) is 0 Å². The number of likely N-dealkylation sites (tertiary alicyclic amines) is 1. The summed E-state index contributed by atoms with van der Waals surface area (Å²) in [5.74, 6) is 0.826. The molecule has 1 saturated heterocycles. The van der Waals surface area contributed by atoms with Gasteiger partial charge in [-0.2, -0.15) is 0 Å². The molecular formula is C14H29N3O. The number of carbonyl (C=O) groups is 1. The van der Waals surface area contributed by atoms with Crippen LogP contribution in [0.3, 0.4) is 0 Å². The van der Waals surface area contributed by atoms with Crippen molar-refractivity contribution < 1.29 is 4.79 Å². The lowest BCUT2D eigenvalue weighted by molar-refractivity contribution is -0.123. The summed E-state index contributed by atoms with van der Waals surface area (Å²) < 4.78 is 0.